The number of methoxy groups -OCH3 is 2. The highest BCUT2D eigenvalue weighted by Crippen LogP contribution is 2.29. The van der Waals surface area contributed by atoms with E-state index in [0.717, 1.165) is 13.0 Å². The zero-order valence-electron chi connectivity index (χ0n) is 16.3. The molecule has 1 heterocycles. The molecule has 0 saturated carbocycles. The van der Waals surface area contributed by atoms with Crippen LogP contribution >= 0.6 is 0 Å². The Morgan fingerprint density at radius 1 is 1.14 bits per heavy atom. The van der Waals surface area contributed by atoms with Crippen molar-refractivity contribution in [1.82, 2.24) is 9.97 Å². The molecule has 1 aliphatic rings. The van der Waals surface area contributed by atoms with Crippen LogP contribution in [0.15, 0.2) is 42.1 Å². The molecule has 1 amide bonds. The first kappa shape index (κ1) is 19.7. The highest BCUT2D eigenvalue weighted by molar-refractivity contribution is 6.03. The first-order chi connectivity index (χ1) is 13.7. The Morgan fingerprint density at radius 3 is 2.75 bits per heavy atom. The Balaban J connectivity index is 1.59. The Bertz CT molecular complexity index is 851. The van der Waals surface area contributed by atoms with Gasteiger partial charge < -0.3 is 20.1 Å². The average Bonchev–Trinajstić information content (AvgIpc) is 2.74. The number of carbonyl (C=O) groups is 1. The summed E-state index contributed by atoms with van der Waals surface area (Å²) in [6.07, 6.45) is 9.81. The Morgan fingerprint density at radius 2 is 2.00 bits per heavy atom. The third-order valence-corrected chi connectivity index (χ3v) is 4.64. The van der Waals surface area contributed by atoms with Gasteiger partial charge in [-0.1, -0.05) is 11.6 Å². The van der Waals surface area contributed by atoms with Crippen LogP contribution in [0.5, 0.6) is 11.5 Å². The normalized spacial score (nSPS) is 13.4. The fourth-order valence-electron chi connectivity index (χ4n) is 3.15. The third-order valence-electron chi connectivity index (χ3n) is 4.64. The van der Waals surface area contributed by atoms with Gasteiger partial charge in [-0.2, -0.15) is 0 Å². The summed E-state index contributed by atoms with van der Waals surface area (Å²) in [5.74, 6) is 1.29. The van der Waals surface area contributed by atoms with E-state index < -0.39 is 0 Å². The number of hydrogen-bond donors (Lipinski definition) is 2. The Labute approximate surface area is 165 Å². The van der Waals surface area contributed by atoms with Gasteiger partial charge in [-0.3, -0.25) is 4.79 Å². The van der Waals surface area contributed by atoms with E-state index in [2.05, 4.69) is 26.7 Å². The van der Waals surface area contributed by atoms with Crippen LogP contribution in [-0.4, -0.2) is 36.6 Å². The van der Waals surface area contributed by atoms with Crippen molar-refractivity contribution in [3.05, 3.63) is 47.8 Å². The summed E-state index contributed by atoms with van der Waals surface area (Å²) >= 11 is 0. The number of benzene rings is 1. The van der Waals surface area contributed by atoms with Crippen molar-refractivity contribution < 1.29 is 14.3 Å². The number of amides is 1. The van der Waals surface area contributed by atoms with Crippen molar-refractivity contribution in [2.24, 2.45) is 0 Å². The van der Waals surface area contributed by atoms with Crippen LogP contribution < -0.4 is 20.1 Å². The number of nitrogens with zero attached hydrogens (tertiary/aromatic N) is 2. The van der Waals surface area contributed by atoms with Gasteiger partial charge in [0.15, 0.2) is 11.5 Å². The average molecular weight is 382 g/mol. The first-order valence-electron chi connectivity index (χ1n) is 9.48. The van der Waals surface area contributed by atoms with Crippen molar-refractivity contribution in [2.45, 2.75) is 32.1 Å². The van der Waals surface area contributed by atoms with Gasteiger partial charge in [-0.25, -0.2) is 9.97 Å². The number of nitrogens with one attached hydrogen (secondary N) is 2. The molecule has 1 aromatic carbocycles. The summed E-state index contributed by atoms with van der Waals surface area (Å²) in [5, 5.41) is 6.02. The standard InChI is InChI=1S/C21H26N4O3/c1-27-18-9-8-16(14-19(18)28-2)24-20(26)17-11-13-23-21(25-17)22-12-10-15-6-4-3-5-7-15/h6,8-9,11,13-14H,3-5,7,10,12H2,1-2H3,(H,24,26)(H,22,23,25). The molecule has 1 aliphatic carbocycles. The van der Waals surface area contributed by atoms with E-state index in [9.17, 15) is 4.79 Å². The second-order valence-corrected chi connectivity index (χ2v) is 6.57. The lowest BCUT2D eigenvalue weighted by Gasteiger charge is -2.13. The van der Waals surface area contributed by atoms with Crippen molar-refractivity contribution >= 4 is 17.5 Å². The number of ether oxygens (including phenoxy) is 2. The van der Waals surface area contributed by atoms with Crippen molar-refractivity contribution in [2.75, 3.05) is 31.4 Å². The minimum atomic E-state index is -0.312. The van der Waals surface area contributed by atoms with Gasteiger partial charge in [0, 0.05) is 24.5 Å². The molecule has 0 unspecified atom stereocenters. The predicted molar refractivity (Wildman–Crippen MR) is 109 cm³/mol. The molecule has 28 heavy (non-hydrogen) atoms. The highest BCUT2D eigenvalue weighted by atomic mass is 16.5. The van der Waals surface area contributed by atoms with Gasteiger partial charge in [0.2, 0.25) is 5.95 Å². The van der Waals surface area contributed by atoms with Gasteiger partial charge in [-0.15, -0.1) is 0 Å². The van der Waals surface area contributed by atoms with Crippen LogP contribution in [0, 0.1) is 0 Å². The summed E-state index contributed by atoms with van der Waals surface area (Å²) in [6, 6.07) is 6.78. The lowest BCUT2D eigenvalue weighted by Crippen LogP contribution is -2.16. The summed E-state index contributed by atoms with van der Waals surface area (Å²) in [4.78, 5) is 21.1. The minimum Gasteiger partial charge on any atom is -0.493 e. The Kier molecular flexibility index (Phi) is 6.84. The molecule has 0 fully saturated rings. The minimum absolute atomic E-state index is 0.296. The SMILES string of the molecule is COc1ccc(NC(=O)c2ccnc(NCCC3=CCCCC3)n2)cc1OC. The molecule has 2 aromatic rings. The quantitative estimate of drug-likeness (QED) is 0.670. The second-order valence-electron chi connectivity index (χ2n) is 6.57. The molecule has 7 heteroatoms. The fraction of sp³-hybridized carbons (Fsp3) is 0.381. The zero-order chi connectivity index (χ0) is 19.8. The van der Waals surface area contributed by atoms with E-state index in [1.54, 1.807) is 44.7 Å². The smallest absolute Gasteiger partial charge is 0.274 e. The molecule has 0 atom stereocenters. The van der Waals surface area contributed by atoms with E-state index in [1.807, 2.05) is 0 Å². The fourth-order valence-corrected chi connectivity index (χ4v) is 3.15. The monoisotopic (exact) mass is 382 g/mol. The number of allylic oxidation sites excluding steroid dienone is 1. The number of carbonyl (C=O) groups excluding carboxylic acids is 1. The van der Waals surface area contributed by atoms with E-state index in [0.29, 0.717) is 28.8 Å². The molecule has 3 rings (SSSR count). The van der Waals surface area contributed by atoms with Crippen LogP contribution in [0.2, 0.25) is 0 Å². The molecule has 0 bridgehead atoms. The maximum Gasteiger partial charge on any atom is 0.274 e. The lowest BCUT2D eigenvalue weighted by atomic mass is 9.97. The van der Waals surface area contributed by atoms with E-state index >= 15 is 0 Å². The molecular weight excluding hydrogens is 356 g/mol. The van der Waals surface area contributed by atoms with Crippen LogP contribution in [0.25, 0.3) is 0 Å². The van der Waals surface area contributed by atoms with Crippen LogP contribution in [-0.2, 0) is 0 Å². The molecule has 0 aliphatic heterocycles. The molecule has 1 aromatic heterocycles. The summed E-state index contributed by atoms with van der Waals surface area (Å²) in [7, 11) is 3.12. The van der Waals surface area contributed by atoms with Crippen molar-refractivity contribution in [1.29, 1.82) is 0 Å². The summed E-state index contributed by atoms with van der Waals surface area (Å²) in [6.45, 7) is 0.757. The van der Waals surface area contributed by atoms with E-state index in [1.165, 1.54) is 31.3 Å². The molecule has 7 nitrogen and oxygen atoms in total. The van der Waals surface area contributed by atoms with Crippen LogP contribution in [0.3, 0.4) is 0 Å². The predicted octanol–water partition coefficient (Wildman–Crippen LogP) is 4.05. The van der Waals surface area contributed by atoms with E-state index in [-0.39, 0.29) is 5.91 Å². The van der Waals surface area contributed by atoms with Gasteiger partial charge in [0.05, 0.1) is 14.2 Å². The van der Waals surface area contributed by atoms with Gasteiger partial charge >= 0.3 is 0 Å². The lowest BCUT2D eigenvalue weighted by molar-refractivity contribution is 0.102. The molecule has 148 valence electrons. The highest BCUT2D eigenvalue weighted by Gasteiger charge is 2.12. The molecular formula is C21H26N4O3. The number of aromatic nitrogens is 2. The topological polar surface area (TPSA) is 85.4 Å². The van der Waals surface area contributed by atoms with Gasteiger partial charge in [0.1, 0.15) is 5.69 Å². The van der Waals surface area contributed by atoms with Crippen LogP contribution in [0.1, 0.15) is 42.6 Å². The van der Waals surface area contributed by atoms with Crippen molar-refractivity contribution in [3.8, 4) is 11.5 Å². The first-order valence-corrected chi connectivity index (χ1v) is 9.48. The number of anilines is 2. The third kappa shape index (κ3) is 5.22. The van der Waals surface area contributed by atoms with Crippen molar-refractivity contribution in [3.63, 3.8) is 0 Å². The second kappa shape index (κ2) is 9.73. The largest absolute Gasteiger partial charge is 0.493 e. The number of hydrogen-bond acceptors (Lipinski definition) is 6. The molecule has 0 saturated heterocycles. The van der Waals surface area contributed by atoms with E-state index in [4.69, 9.17) is 9.47 Å². The number of rotatable bonds is 8. The molecule has 2 N–H and O–H groups in total. The summed E-state index contributed by atoms with van der Waals surface area (Å²) < 4.78 is 10.5. The molecule has 0 spiro atoms. The van der Waals surface area contributed by atoms with Crippen LogP contribution in [0.4, 0.5) is 11.6 Å². The summed E-state index contributed by atoms with van der Waals surface area (Å²) in [5.41, 5.74) is 2.38. The van der Waals surface area contributed by atoms with Gasteiger partial charge in [-0.05, 0) is 50.3 Å². The van der Waals surface area contributed by atoms with Gasteiger partial charge in [0.25, 0.3) is 5.91 Å². The zero-order valence-corrected chi connectivity index (χ0v) is 16.3. The maximum atomic E-state index is 12.5. The maximum absolute atomic E-state index is 12.5. The molecule has 0 radical (unpaired) electrons. The Hall–Kier alpha value is -3.09.